The average Bonchev–Trinajstić information content (AvgIpc) is 2.04. The number of aliphatic hydroxyl groups is 2. The van der Waals surface area contributed by atoms with E-state index in [9.17, 15) is 10.2 Å². The van der Waals surface area contributed by atoms with E-state index >= 15 is 0 Å². The van der Waals surface area contributed by atoms with E-state index in [0.29, 0.717) is 12.5 Å². The van der Waals surface area contributed by atoms with Gasteiger partial charge in [0.1, 0.15) is 0 Å². The number of rotatable bonds is 4. The first kappa shape index (κ1) is 11.0. The highest BCUT2D eigenvalue weighted by Gasteiger charge is 2.26. The Balaban J connectivity index is 2.28. The van der Waals surface area contributed by atoms with Crippen molar-refractivity contribution in [2.75, 3.05) is 0 Å². The fourth-order valence-electron chi connectivity index (χ4n) is 1.99. The first-order chi connectivity index (χ1) is 6.14. The second-order valence-corrected chi connectivity index (χ2v) is 4.05. The van der Waals surface area contributed by atoms with Crippen LogP contribution in [0.2, 0.25) is 0 Å². The minimum atomic E-state index is -1.64. The molecule has 0 unspecified atom stereocenters. The van der Waals surface area contributed by atoms with Crippen LogP contribution in [-0.4, -0.2) is 22.2 Å². The van der Waals surface area contributed by atoms with Gasteiger partial charge in [0.2, 0.25) is 5.91 Å². The third-order valence-electron chi connectivity index (χ3n) is 2.64. The van der Waals surface area contributed by atoms with Gasteiger partial charge in [0.05, 0.1) is 0 Å². The molecule has 0 saturated heterocycles. The van der Waals surface area contributed by atoms with Crippen LogP contribution < -0.4 is 5.32 Å². The lowest BCUT2D eigenvalue weighted by molar-refractivity contribution is -0.197. The standard InChI is InChI=1S/C10H21NO2/c1-2-8-10(12,13)11-9-6-4-3-5-7-9/h9,11-13H,2-8H2,1H3. The van der Waals surface area contributed by atoms with Gasteiger partial charge in [-0.2, -0.15) is 0 Å². The molecule has 1 fully saturated rings. The highest BCUT2D eigenvalue weighted by molar-refractivity contribution is 4.75. The highest BCUT2D eigenvalue weighted by atomic mass is 16.5. The Bertz CT molecular complexity index is 142. The molecule has 0 amide bonds. The SMILES string of the molecule is CCCC(O)(O)NC1CCCCC1. The normalized spacial score (nSPS) is 20.5. The predicted octanol–water partition coefficient (Wildman–Crippen LogP) is 1.35. The van der Waals surface area contributed by atoms with Gasteiger partial charge >= 0.3 is 0 Å². The molecule has 78 valence electrons. The minimum Gasteiger partial charge on any atom is -0.353 e. The second kappa shape index (κ2) is 4.94. The first-order valence-corrected chi connectivity index (χ1v) is 5.36. The molecule has 0 spiro atoms. The summed E-state index contributed by atoms with van der Waals surface area (Å²) in [6.07, 6.45) is 7.05. The first-order valence-electron chi connectivity index (χ1n) is 5.36. The molecule has 3 heteroatoms. The largest absolute Gasteiger partial charge is 0.353 e. The molecule has 0 aromatic heterocycles. The van der Waals surface area contributed by atoms with Gasteiger partial charge in [-0.15, -0.1) is 0 Å². The van der Waals surface area contributed by atoms with Crippen molar-refractivity contribution in [1.82, 2.24) is 5.32 Å². The summed E-state index contributed by atoms with van der Waals surface area (Å²) in [5.41, 5.74) is 0. The van der Waals surface area contributed by atoms with E-state index < -0.39 is 5.91 Å². The van der Waals surface area contributed by atoms with Crippen molar-refractivity contribution in [1.29, 1.82) is 0 Å². The molecule has 0 aliphatic heterocycles. The van der Waals surface area contributed by atoms with Crippen LogP contribution in [0, 0.1) is 0 Å². The maximum atomic E-state index is 9.51. The van der Waals surface area contributed by atoms with Crippen LogP contribution in [0.3, 0.4) is 0 Å². The van der Waals surface area contributed by atoms with Crippen LogP contribution in [0.1, 0.15) is 51.9 Å². The van der Waals surface area contributed by atoms with Crippen molar-refractivity contribution in [3.8, 4) is 0 Å². The minimum absolute atomic E-state index is 0.301. The molecule has 3 nitrogen and oxygen atoms in total. The molecule has 0 aromatic rings. The van der Waals surface area contributed by atoms with Crippen molar-refractivity contribution in [3.05, 3.63) is 0 Å². The molecule has 3 N–H and O–H groups in total. The molecule has 1 aliphatic carbocycles. The third-order valence-corrected chi connectivity index (χ3v) is 2.64. The van der Waals surface area contributed by atoms with E-state index in [0.717, 1.165) is 19.3 Å². The lowest BCUT2D eigenvalue weighted by Gasteiger charge is -2.31. The van der Waals surface area contributed by atoms with Gasteiger partial charge in [-0.05, 0) is 19.3 Å². The molecular formula is C10H21NO2. The summed E-state index contributed by atoms with van der Waals surface area (Å²) in [7, 11) is 0. The topological polar surface area (TPSA) is 52.5 Å². The number of nitrogens with one attached hydrogen (secondary N) is 1. The number of hydrogen-bond acceptors (Lipinski definition) is 3. The Kier molecular flexibility index (Phi) is 4.16. The van der Waals surface area contributed by atoms with Crippen molar-refractivity contribution in [2.45, 2.75) is 63.8 Å². The van der Waals surface area contributed by atoms with Gasteiger partial charge in [0, 0.05) is 12.5 Å². The van der Waals surface area contributed by atoms with E-state index in [1.807, 2.05) is 6.92 Å². The summed E-state index contributed by atoms with van der Waals surface area (Å²) in [6.45, 7) is 1.95. The zero-order valence-electron chi connectivity index (χ0n) is 8.42. The van der Waals surface area contributed by atoms with Gasteiger partial charge in [0.25, 0.3) is 0 Å². The quantitative estimate of drug-likeness (QED) is 0.582. The summed E-state index contributed by atoms with van der Waals surface area (Å²) in [4.78, 5) is 0. The van der Waals surface area contributed by atoms with Crippen LogP contribution >= 0.6 is 0 Å². The number of hydrogen-bond donors (Lipinski definition) is 3. The Hall–Kier alpha value is -0.120. The van der Waals surface area contributed by atoms with Crippen LogP contribution in [0.5, 0.6) is 0 Å². The molecule has 1 aliphatic rings. The van der Waals surface area contributed by atoms with Gasteiger partial charge in [-0.25, -0.2) is 0 Å². The molecular weight excluding hydrogens is 166 g/mol. The summed E-state index contributed by atoms with van der Waals surface area (Å²) >= 11 is 0. The van der Waals surface area contributed by atoms with E-state index in [1.165, 1.54) is 19.3 Å². The van der Waals surface area contributed by atoms with Gasteiger partial charge in [0.15, 0.2) is 0 Å². The van der Waals surface area contributed by atoms with E-state index in [1.54, 1.807) is 0 Å². The van der Waals surface area contributed by atoms with E-state index in [2.05, 4.69) is 5.32 Å². The van der Waals surface area contributed by atoms with Gasteiger partial charge < -0.3 is 10.2 Å². The van der Waals surface area contributed by atoms with Crippen LogP contribution in [0.4, 0.5) is 0 Å². The molecule has 0 radical (unpaired) electrons. The van der Waals surface area contributed by atoms with Crippen molar-refractivity contribution in [3.63, 3.8) is 0 Å². The summed E-state index contributed by atoms with van der Waals surface area (Å²) in [6, 6.07) is 0.301. The zero-order chi connectivity index (χ0) is 9.73. The lowest BCUT2D eigenvalue weighted by Crippen LogP contribution is -2.50. The third kappa shape index (κ3) is 4.07. The van der Waals surface area contributed by atoms with Crippen molar-refractivity contribution < 1.29 is 10.2 Å². The monoisotopic (exact) mass is 187 g/mol. The maximum absolute atomic E-state index is 9.51. The molecule has 1 rings (SSSR count). The maximum Gasteiger partial charge on any atom is 0.222 e. The Morgan fingerprint density at radius 3 is 2.38 bits per heavy atom. The Labute approximate surface area is 80.2 Å². The summed E-state index contributed by atoms with van der Waals surface area (Å²) < 4.78 is 0. The molecule has 0 atom stereocenters. The van der Waals surface area contributed by atoms with E-state index in [-0.39, 0.29) is 0 Å². The van der Waals surface area contributed by atoms with Crippen molar-refractivity contribution in [2.24, 2.45) is 0 Å². The lowest BCUT2D eigenvalue weighted by atomic mass is 9.95. The van der Waals surface area contributed by atoms with Crippen LogP contribution in [0.15, 0.2) is 0 Å². The molecule has 13 heavy (non-hydrogen) atoms. The van der Waals surface area contributed by atoms with Gasteiger partial charge in [-0.1, -0.05) is 26.2 Å². The van der Waals surface area contributed by atoms with Gasteiger partial charge in [-0.3, -0.25) is 5.32 Å². The van der Waals surface area contributed by atoms with Crippen LogP contribution in [-0.2, 0) is 0 Å². The highest BCUT2D eigenvalue weighted by Crippen LogP contribution is 2.19. The summed E-state index contributed by atoms with van der Waals surface area (Å²) in [5.74, 6) is -1.64. The average molecular weight is 187 g/mol. The smallest absolute Gasteiger partial charge is 0.222 e. The van der Waals surface area contributed by atoms with Crippen LogP contribution in [0.25, 0.3) is 0 Å². The Morgan fingerprint density at radius 1 is 1.23 bits per heavy atom. The molecule has 0 bridgehead atoms. The second-order valence-electron chi connectivity index (χ2n) is 4.05. The van der Waals surface area contributed by atoms with E-state index in [4.69, 9.17) is 0 Å². The van der Waals surface area contributed by atoms with Crippen molar-refractivity contribution >= 4 is 0 Å². The Morgan fingerprint density at radius 2 is 1.85 bits per heavy atom. The molecule has 0 aromatic carbocycles. The summed E-state index contributed by atoms with van der Waals surface area (Å²) in [5, 5.41) is 21.9. The fraction of sp³-hybridized carbons (Fsp3) is 1.00. The predicted molar refractivity (Wildman–Crippen MR) is 52.1 cm³/mol. The fourth-order valence-corrected chi connectivity index (χ4v) is 1.99. The molecule has 1 saturated carbocycles. The molecule has 0 heterocycles. The zero-order valence-corrected chi connectivity index (χ0v) is 8.42.